The zero-order chi connectivity index (χ0) is 19.9. The minimum atomic E-state index is -0.218. The molecular formula is C19H21N3O4S2. The number of methoxy groups -OCH3 is 1. The lowest BCUT2D eigenvalue weighted by molar-refractivity contribution is -0.137. The number of thioether (sulfide) groups is 1. The number of aryl methyl sites for hydroxylation is 2. The van der Waals surface area contributed by atoms with E-state index >= 15 is 0 Å². The van der Waals surface area contributed by atoms with Crippen molar-refractivity contribution in [2.24, 2.45) is 0 Å². The van der Waals surface area contributed by atoms with Crippen LogP contribution in [0.4, 0.5) is 0 Å². The summed E-state index contributed by atoms with van der Waals surface area (Å²) in [5, 5.41) is 3.99. The van der Waals surface area contributed by atoms with E-state index in [1.807, 2.05) is 38.1 Å². The smallest absolute Gasteiger partial charge is 0.315 e. The molecule has 0 aliphatic heterocycles. The molecule has 0 unspecified atom stereocenters. The van der Waals surface area contributed by atoms with Crippen molar-refractivity contribution >= 4 is 29.3 Å². The summed E-state index contributed by atoms with van der Waals surface area (Å²) in [7, 11) is 1.40. The Morgan fingerprint density at radius 2 is 2.18 bits per heavy atom. The summed E-state index contributed by atoms with van der Waals surface area (Å²) in [6.07, 6.45) is 0.641. The number of hydrogen-bond donors (Lipinski definition) is 0. The van der Waals surface area contributed by atoms with Crippen LogP contribution in [0.2, 0.25) is 0 Å². The molecule has 0 aliphatic rings. The largest absolute Gasteiger partial charge is 0.493 e. The van der Waals surface area contributed by atoms with E-state index in [1.165, 1.54) is 30.4 Å². The van der Waals surface area contributed by atoms with E-state index in [4.69, 9.17) is 9.15 Å². The molecule has 0 atom stereocenters. The van der Waals surface area contributed by atoms with Gasteiger partial charge in [0.05, 0.1) is 30.9 Å². The Kier molecular flexibility index (Phi) is 7.05. The average molecular weight is 420 g/mol. The molecule has 0 spiro atoms. The zero-order valence-corrected chi connectivity index (χ0v) is 17.6. The predicted octanol–water partition coefficient (Wildman–Crippen LogP) is 3.84. The first-order valence-electron chi connectivity index (χ1n) is 8.68. The number of rotatable bonds is 9. The second kappa shape index (κ2) is 9.70. The molecular weight excluding hydrogens is 398 g/mol. The average Bonchev–Trinajstić information content (AvgIpc) is 3.27. The molecule has 0 aliphatic carbocycles. The van der Waals surface area contributed by atoms with Gasteiger partial charge in [-0.05, 0) is 43.1 Å². The molecule has 3 aromatic rings. The van der Waals surface area contributed by atoms with E-state index < -0.39 is 0 Å². The van der Waals surface area contributed by atoms with Crippen molar-refractivity contribution in [3.8, 4) is 16.5 Å². The zero-order valence-electron chi connectivity index (χ0n) is 15.9. The Morgan fingerprint density at radius 1 is 1.32 bits per heavy atom. The molecule has 0 radical (unpaired) electrons. The summed E-state index contributed by atoms with van der Waals surface area (Å²) in [5.41, 5.74) is 2.78. The van der Waals surface area contributed by atoms with Crippen LogP contribution in [0.3, 0.4) is 0 Å². The van der Waals surface area contributed by atoms with Gasteiger partial charge in [0.15, 0.2) is 0 Å². The molecule has 1 aromatic carbocycles. The fraction of sp³-hybridized carbons (Fsp3) is 0.368. The van der Waals surface area contributed by atoms with E-state index in [2.05, 4.69) is 19.3 Å². The molecule has 0 saturated heterocycles. The van der Waals surface area contributed by atoms with E-state index in [0.717, 1.165) is 39.1 Å². The lowest BCUT2D eigenvalue weighted by Crippen LogP contribution is -2.04. The van der Waals surface area contributed by atoms with Gasteiger partial charge in [0.1, 0.15) is 16.4 Å². The van der Waals surface area contributed by atoms with E-state index in [9.17, 15) is 4.79 Å². The molecule has 0 saturated carbocycles. The molecule has 0 bridgehead atoms. The Labute approximate surface area is 171 Å². The number of hydrogen-bond acceptors (Lipinski definition) is 9. The summed E-state index contributed by atoms with van der Waals surface area (Å²) in [5.74, 6) is 2.97. The number of oxazole rings is 1. The third-order valence-corrected chi connectivity index (χ3v) is 5.75. The Bertz CT molecular complexity index is 939. The predicted molar refractivity (Wildman–Crippen MR) is 109 cm³/mol. The van der Waals surface area contributed by atoms with Crippen molar-refractivity contribution < 1.29 is 18.7 Å². The molecule has 28 heavy (non-hydrogen) atoms. The van der Waals surface area contributed by atoms with Crippen molar-refractivity contribution in [1.29, 1.82) is 0 Å². The molecule has 7 nitrogen and oxygen atoms in total. The van der Waals surface area contributed by atoms with Gasteiger partial charge in [-0.25, -0.2) is 4.98 Å². The molecule has 0 N–H and O–H groups in total. The highest BCUT2D eigenvalue weighted by atomic mass is 32.2. The van der Waals surface area contributed by atoms with Crippen LogP contribution < -0.4 is 4.74 Å². The van der Waals surface area contributed by atoms with Gasteiger partial charge >= 0.3 is 5.97 Å². The summed E-state index contributed by atoms with van der Waals surface area (Å²) >= 11 is 2.79. The second-order valence-corrected chi connectivity index (χ2v) is 7.76. The fourth-order valence-corrected chi connectivity index (χ4v) is 3.87. The first-order chi connectivity index (χ1) is 13.6. The van der Waals surface area contributed by atoms with Gasteiger partial charge < -0.3 is 13.9 Å². The van der Waals surface area contributed by atoms with Gasteiger partial charge in [-0.3, -0.25) is 4.79 Å². The maximum absolute atomic E-state index is 11.2. The van der Waals surface area contributed by atoms with Crippen LogP contribution >= 0.6 is 23.3 Å². The van der Waals surface area contributed by atoms with Gasteiger partial charge in [-0.2, -0.15) is 0 Å². The Balaban J connectivity index is 1.53. The minimum absolute atomic E-state index is 0.218. The Morgan fingerprint density at radius 3 is 2.93 bits per heavy atom. The van der Waals surface area contributed by atoms with Gasteiger partial charge in [-0.1, -0.05) is 16.6 Å². The summed E-state index contributed by atoms with van der Waals surface area (Å²) in [4.78, 5) is 16.6. The number of carbonyl (C=O) groups excluding carboxylic acids is 1. The maximum Gasteiger partial charge on any atom is 0.315 e. The number of carbonyl (C=O) groups is 1. The van der Waals surface area contributed by atoms with Crippen LogP contribution in [0.1, 0.15) is 22.7 Å². The molecule has 148 valence electrons. The van der Waals surface area contributed by atoms with Crippen LogP contribution in [-0.2, 0) is 21.7 Å². The quantitative estimate of drug-likeness (QED) is 0.484. The summed E-state index contributed by atoms with van der Waals surface area (Å²) < 4.78 is 20.2. The normalized spacial score (nSPS) is 10.8. The van der Waals surface area contributed by atoms with Crippen LogP contribution in [0.25, 0.3) is 10.8 Å². The molecule has 0 amide bonds. The molecule has 2 heterocycles. The van der Waals surface area contributed by atoms with Crippen molar-refractivity contribution in [2.45, 2.75) is 26.0 Å². The van der Waals surface area contributed by atoms with Crippen molar-refractivity contribution in [2.75, 3.05) is 19.5 Å². The SMILES string of the molecule is COC(=O)CSCc1cccc(OCCc2nc(-c3snnc3C)oc2C)c1. The van der Waals surface area contributed by atoms with Gasteiger partial charge in [0, 0.05) is 12.2 Å². The molecule has 3 rings (SSSR count). The number of esters is 1. The monoisotopic (exact) mass is 419 g/mol. The standard InChI is InChI=1S/C19H21N3O4S2/c1-12-18(28-22-21-12)19-20-16(13(2)26-19)7-8-25-15-6-4-5-14(9-15)10-27-11-17(23)24-3/h4-6,9H,7-8,10-11H2,1-3H3. The summed E-state index contributed by atoms with van der Waals surface area (Å²) in [6.45, 7) is 4.28. The maximum atomic E-state index is 11.2. The first kappa shape index (κ1) is 20.3. The van der Waals surface area contributed by atoms with Gasteiger partial charge in [-0.15, -0.1) is 16.9 Å². The molecule has 2 aromatic heterocycles. The van der Waals surface area contributed by atoms with Crippen LogP contribution in [0.15, 0.2) is 28.7 Å². The van der Waals surface area contributed by atoms with Crippen molar-refractivity contribution in [3.05, 3.63) is 47.0 Å². The number of ether oxygens (including phenoxy) is 2. The summed E-state index contributed by atoms with van der Waals surface area (Å²) in [6, 6.07) is 7.86. The van der Waals surface area contributed by atoms with Crippen molar-refractivity contribution in [3.63, 3.8) is 0 Å². The van der Waals surface area contributed by atoms with Crippen LogP contribution in [0.5, 0.6) is 5.75 Å². The lowest BCUT2D eigenvalue weighted by atomic mass is 10.2. The van der Waals surface area contributed by atoms with Crippen LogP contribution in [0, 0.1) is 13.8 Å². The van der Waals surface area contributed by atoms with E-state index in [1.54, 1.807) is 0 Å². The highest BCUT2D eigenvalue weighted by Crippen LogP contribution is 2.27. The number of aromatic nitrogens is 3. The highest BCUT2D eigenvalue weighted by molar-refractivity contribution is 7.99. The van der Waals surface area contributed by atoms with Crippen LogP contribution in [-0.4, -0.2) is 40.0 Å². The Hall–Kier alpha value is -2.39. The topological polar surface area (TPSA) is 87.3 Å². The number of benzene rings is 1. The molecule has 9 heteroatoms. The second-order valence-electron chi connectivity index (χ2n) is 6.02. The van der Waals surface area contributed by atoms with Gasteiger partial charge in [0.2, 0.25) is 5.89 Å². The number of nitrogens with zero attached hydrogens (tertiary/aromatic N) is 3. The third kappa shape index (κ3) is 5.32. The fourth-order valence-electron chi connectivity index (χ4n) is 2.49. The molecule has 0 fully saturated rings. The van der Waals surface area contributed by atoms with Crippen molar-refractivity contribution in [1.82, 2.24) is 14.6 Å². The van der Waals surface area contributed by atoms with E-state index in [0.29, 0.717) is 24.7 Å². The van der Waals surface area contributed by atoms with Gasteiger partial charge in [0.25, 0.3) is 0 Å². The first-order valence-corrected chi connectivity index (χ1v) is 10.6. The highest BCUT2D eigenvalue weighted by Gasteiger charge is 2.16. The lowest BCUT2D eigenvalue weighted by Gasteiger charge is -2.07. The minimum Gasteiger partial charge on any atom is -0.493 e. The van der Waals surface area contributed by atoms with E-state index in [-0.39, 0.29) is 5.97 Å². The third-order valence-electron chi connectivity index (χ3n) is 3.96.